The van der Waals surface area contributed by atoms with E-state index >= 15 is 0 Å². The number of nitrogens with one attached hydrogen (secondary N) is 1. The highest BCUT2D eigenvalue weighted by atomic mass is 16.5. The molecule has 0 aliphatic heterocycles. The third-order valence-corrected chi connectivity index (χ3v) is 2.89. The Morgan fingerprint density at radius 1 is 1.40 bits per heavy atom. The second-order valence-corrected chi connectivity index (χ2v) is 4.70. The van der Waals surface area contributed by atoms with Gasteiger partial charge in [0, 0.05) is 18.7 Å². The predicted molar refractivity (Wildman–Crippen MR) is 82.2 cm³/mol. The van der Waals surface area contributed by atoms with Crippen molar-refractivity contribution in [2.45, 2.75) is 25.8 Å². The van der Waals surface area contributed by atoms with Crippen LogP contribution >= 0.6 is 0 Å². The molecule has 110 valence electrons. The van der Waals surface area contributed by atoms with Crippen molar-refractivity contribution < 1.29 is 9.53 Å². The van der Waals surface area contributed by atoms with Gasteiger partial charge in [0.1, 0.15) is 6.61 Å². The topological polar surface area (TPSA) is 64.3 Å². The van der Waals surface area contributed by atoms with Gasteiger partial charge in [0.05, 0.1) is 0 Å². The molecule has 0 radical (unpaired) electrons. The molecule has 1 aromatic rings. The number of carbonyl (C=O) groups is 1. The number of hydrogen-bond donors (Lipinski definition) is 2. The molecule has 0 heterocycles. The summed E-state index contributed by atoms with van der Waals surface area (Å²) < 4.78 is 5.11. The van der Waals surface area contributed by atoms with E-state index in [4.69, 9.17) is 10.5 Å². The van der Waals surface area contributed by atoms with Crippen molar-refractivity contribution in [3.63, 3.8) is 0 Å². The Balaban J connectivity index is 2.13. The fourth-order valence-corrected chi connectivity index (χ4v) is 1.76. The standard InChI is InChI=1S/C16H24N2O2/c1-14(6-5-11-17)18-12-13-20-16(19)10-9-15-7-3-2-4-8-15/h2-4,7-10,14,18H,5-6,11-13,17H2,1H3/b10-9+. The molecule has 20 heavy (non-hydrogen) atoms. The Morgan fingerprint density at radius 2 is 2.15 bits per heavy atom. The number of nitrogens with two attached hydrogens (primary N) is 1. The SMILES string of the molecule is CC(CCCN)NCCOC(=O)/C=C/c1ccccc1. The lowest BCUT2D eigenvalue weighted by Crippen LogP contribution is -2.30. The molecule has 4 heteroatoms. The van der Waals surface area contributed by atoms with E-state index in [1.165, 1.54) is 6.08 Å². The fourth-order valence-electron chi connectivity index (χ4n) is 1.76. The van der Waals surface area contributed by atoms with Crippen LogP contribution in [-0.4, -0.2) is 31.7 Å². The smallest absolute Gasteiger partial charge is 0.330 e. The highest BCUT2D eigenvalue weighted by Gasteiger charge is 2.01. The monoisotopic (exact) mass is 276 g/mol. The zero-order chi connectivity index (χ0) is 14.6. The Morgan fingerprint density at radius 3 is 2.85 bits per heavy atom. The van der Waals surface area contributed by atoms with Gasteiger partial charge < -0.3 is 15.8 Å². The quantitative estimate of drug-likeness (QED) is 0.411. The Hall–Kier alpha value is -1.65. The molecular formula is C16H24N2O2. The second-order valence-electron chi connectivity index (χ2n) is 4.70. The van der Waals surface area contributed by atoms with Gasteiger partial charge in [0.15, 0.2) is 0 Å². The highest BCUT2D eigenvalue weighted by molar-refractivity contribution is 5.86. The predicted octanol–water partition coefficient (Wildman–Crippen LogP) is 1.96. The maximum atomic E-state index is 11.5. The summed E-state index contributed by atoms with van der Waals surface area (Å²) >= 11 is 0. The summed E-state index contributed by atoms with van der Waals surface area (Å²) in [5, 5.41) is 3.29. The van der Waals surface area contributed by atoms with E-state index < -0.39 is 0 Å². The van der Waals surface area contributed by atoms with Crippen molar-refractivity contribution in [3.05, 3.63) is 42.0 Å². The van der Waals surface area contributed by atoms with Crippen molar-refractivity contribution >= 4 is 12.0 Å². The van der Waals surface area contributed by atoms with Crippen LogP contribution in [0.3, 0.4) is 0 Å². The molecule has 0 bridgehead atoms. The van der Waals surface area contributed by atoms with Gasteiger partial charge in [-0.1, -0.05) is 30.3 Å². The van der Waals surface area contributed by atoms with Gasteiger partial charge in [-0.3, -0.25) is 0 Å². The maximum Gasteiger partial charge on any atom is 0.330 e. The van der Waals surface area contributed by atoms with E-state index in [0.29, 0.717) is 25.7 Å². The molecule has 1 aromatic carbocycles. The summed E-state index contributed by atoms with van der Waals surface area (Å²) in [5.74, 6) is -0.315. The van der Waals surface area contributed by atoms with Crippen LogP contribution in [0.5, 0.6) is 0 Å². The van der Waals surface area contributed by atoms with Crippen molar-refractivity contribution in [2.24, 2.45) is 5.73 Å². The second kappa shape index (κ2) is 10.2. The number of rotatable bonds is 9. The Bertz CT molecular complexity index is 404. The van der Waals surface area contributed by atoms with E-state index in [1.54, 1.807) is 6.08 Å². The average molecular weight is 276 g/mol. The first-order chi connectivity index (χ1) is 9.72. The summed E-state index contributed by atoms with van der Waals surface area (Å²) in [6.45, 7) is 3.86. The first kappa shape index (κ1) is 16.4. The van der Waals surface area contributed by atoms with Crippen molar-refractivity contribution in [3.8, 4) is 0 Å². The highest BCUT2D eigenvalue weighted by Crippen LogP contribution is 2.01. The Labute approximate surface area is 121 Å². The summed E-state index contributed by atoms with van der Waals surface area (Å²) in [7, 11) is 0. The first-order valence-corrected chi connectivity index (χ1v) is 7.05. The molecule has 0 spiro atoms. The van der Waals surface area contributed by atoms with Crippen molar-refractivity contribution in [1.29, 1.82) is 0 Å². The molecule has 0 aliphatic carbocycles. The molecule has 0 fully saturated rings. The summed E-state index contributed by atoms with van der Waals surface area (Å²) in [4.78, 5) is 11.5. The minimum atomic E-state index is -0.315. The van der Waals surface area contributed by atoms with Crippen molar-refractivity contribution in [1.82, 2.24) is 5.32 Å². The summed E-state index contributed by atoms with van der Waals surface area (Å²) in [6.07, 6.45) is 5.25. The van der Waals surface area contributed by atoms with Gasteiger partial charge >= 0.3 is 5.97 Å². The summed E-state index contributed by atoms with van der Waals surface area (Å²) in [6, 6.07) is 10.1. The zero-order valence-corrected chi connectivity index (χ0v) is 12.0. The molecule has 1 atom stereocenters. The minimum absolute atomic E-state index is 0.315. The molecule has 4 nitrogen and oxygen atoms in total. The molecule has 1 unspecified atom stereocenters. The molecule has 0 aliphatic rings. The molecule has 1 rings (SSSR count). The van der Waals surface area contributed by atoms with Crippen LogP contribution < -0.4 is 11.1 Å². The van der Waals surface area contributed by atoms with Crippen LogP contribution in [0.15, 0.2) is 36.4 Å². The largest absolute Gasteiger partial charge is 0.461 e. The van der Waals surface area contributed by atoms with Crippen LogP contribution in [0.4, 0.5) is 0 Å². The van der Waals surface area contributed by atoms with Crippen LogP contribution in [-0.2, 0) is 9.53 Å². The third-order valence-electron chi connectivity index (χ3n) is 2.89. The molecule has 0 aromatic heterocycles. The number of benzene rings is 1. The van der Waals surface area contributed by atoms with E-state index in [9.17, 15) is 4.79 Å². The lowest BCUT2D eigenvalue weighted by molar-refractivity contribution is -0.137. The molecule has 0 amide bonds. The van der Waals surface area contributed by atoms with E-state index in [0.717, 1.165) is 18.4 Å². The molecular weight excluding hydrogens is 252 g/mol. The number of esters is 1. The van der Waals surface area contributed by atoms with Crippen molar-refractivity contribution in [2.75, 3.05) is 19.7 Å². The van der Waals surface area contributed by atoms with Gasteiger partial charge in [0.2, 0.25) is 0 Å². The third kappa shape index (κ3) is 7.71. The maximum absolute atomic E-state index is 11.5. The minimum Gasteiger partial charge on any atom is -0.461 e. The van der Waals surface area contributed by atoms with E-state index in [2.05, 4.69) is 12.2 Å². The van der Waals surface area contributed by atoms with Crippen LogP contribution in [0, 0.1) is 0 Å². The van der Waals surface area contributed by atoms with Crippen LogP contribution in [0.1, 0.15) is 25.3 Å². The van der Waals surface area contributed by atoms with Gasteiger partial charge in [-0.2, -0.15) is 0 Å². The Kier molecular flexibility index (Phi) is 8.35. The van der Waals surface area contributed by atoms with Gasteiger partial charge in [0.25, 0.3) is 0 Å². The fraction of sp³-hybridized carbons (Fsp3) is 0.438. The zero-order valence-electron chi connectivity index (χ0n) is 12.0. The van der Waals surface area contributed by atoms with Crippen LogP contribution in [0.25, 0.3) is 6.08 Å². The van der Waals surface area contributed by atoms with Gasteiger partial charge in [-0.05, 0) is 37.9 Å². The summed E-state index contributed by atoms with van der Waals surface area (Å²) in [5.41, 5.74) is 6.43. The number of ether oxygens (including phenoxy) is 1. The lowest BCUT2D eigenvalue weighted by Gasteiger charge is -2.12. The average Bonchev–Trinajstić information content (AvgIpc) is 2.48. The number of carbonyl (C=O) groups excluding carboxylic acids is 1. The molecule has 0 saturated carbocycles. The number of hydrogen-bond acceptors (Lipinski definition) is 4. The lowest BCUT2D eigenvalue weighted by atomic mass is 10.2. The normalized spacial score (nSPS) is 12.5. The first-order valence-electron chi connectivity index (χ1n) is 7.05. The molecule has 3 N–H and O–H groups in total. The van der Waals surface area contributed by atoms with Gasteiger partial charge in [-0.25, -0.2) is 4.79 Å². The van der Waals surface area contributed by atoms with Gasteiger partial charge in [-0.15, -0.1) is 0 Å². The van der Waals surface area contributed by atoms with E-state index in [1.807, 2.05) is 30.3 Å². The van der Waals surface area contributed by atoms with E-state index in [-0.39, 0.29) is 5.97 Å². The molecule has 0 saturated heterocycles. The van der Waals surface area contributed by atoms with Crippen LogP contribution in [0.2, 0.25) is 0 Å².